The summed E-state index contributed by atoms with van der Waals surface area (Å²) in [6.07, 6.45) is 0.911. The van der Waals surface area contributed by atoms with E-state index in [1.165, 1.54) is 11.1 Å². The van der Waals surface area contributed by atoms with Crippen LogP contribution in [0.3, 0.4) is 0 Å². The maximum Gasteiger partial charge on any atom is 0.161 e. The van der Waals surface area contributed by atoms with Crippen LogP contribution in [0.1, 0.15) is 41.9 Å². The number of benzene rings is 1. The number of fused-ring (bicyclic) bond motifs is 1. The largest absolute Gasteiger partial charge is 0.490 e. The molecule has 1 aromatic heterocycles. The van der Waals surface area contributed by atoms with Crippen molar-refractivity contribution in [3.8, 4) is 11.5 Å². The highest BCUT2D eigenvalue weighted by atomic mass is 35.5. The molecule has 0 fully saturated rings. The van der Waals surface area contributed by atoms with Crippen molar-refractivity contribution in [2.24, 2.45) is 0 Å². The molecule has 1 atom stereocenters. The first-order valence-corrected chi connectivity index (χ1v) is 8.87. The molecular formula is C19H28ClN3O3. The molecule has 7 heteroatoms. The summed E-state index contributed by atoms with van der Waals surface area (Å²) in [5.41, 5.74) is 4.46. The van der Waals surface area contributed by atoms with Gasteiger partial charge in [0.15, 0.2) is 11.5 Å². The molecule has 0 spiro atoms. The minimum atomic E-state index is 0. The van der Waals surface area contributed by atoms with Crippen molar-refractivity contribution in [2.45, 2.75) is 46.3 Å². The Labute approximate surface area is 160 Å². The van der Waals surface area contributed by atoms with Crippen molar-refractivity contribution in [3.63, 3.8) is 0 Å². The van der Waals surface area contributed by atoms with Crippen molar-refractivity contribution in [2.75, 3.05) is 19.8 Å². The van der Waals surface area contributed by atoms with Crippen LogP contribution in [0.15, 0.2) is 18.2 Å². The lowest BCUT2D eigenvalue weighted by Crippen LogP contribution is -2.19. The summed E-state index contributed by atoms with van der Waals surface area (Å²) in [5, 5.41) is 17.2. The van der Waals surface area contributed by atoms with E-state index in [4.69, 9.17) is 14.6 Å². The van der Waals surface area contributed by atoms with Gasteiger partial charge in [-0.1, -0.05) is 6.07 Å². The maximum atomic E-state index is 9.13. The zero-order valence-electron chi connectivity index (χ0n) is 15.6. The Morgan fingerprint density at radius 3 is 2.69 bits per heavy atom. The molecule has 1 aromatic carbocycles. The first kappa shape index (κ1) is 20.6. The summed E-state index contributed by atoms with van der Waals surface area (Å²) < 4.78 is 13.3. The summed E-state index contributed by atoms with van der Waals surface area (Å²) in [7, 11) is 0. The van der Waals surface area contributed by atoms with E-state index in [1.54, 1.807) is 0 Å². The molecule has 6 nitrogen and oxygen atoms in total. The highest BCUT2D eigenvalue weighted by Crippen LogP contribution is 2.32. The minimum Gasteiger partial charge on any atom is -0.490 e. The average Bonchev–Trinajstić information content (AvgIpc) is 2.79. The average molecular weight is 382 g/mol. The first-order chi connectivity index (χ1) is 12.1. The van der Waals surface area contributed by atoms with Crippen LogP contribution in [0.4, 0.5) is 0 Å². The van der Waals surface area contributed by atoms with E-state index in [2.05, 4.69) is 29.5 Å². The molecule has 144 valence electrons. The molecule has 1 aliphatic heterocycles. The number of halogens is 1. The number of hydrogen-bond acceptors (Lipinski definition) is 5. The van der Waals surface area contributed by atoms with E-state index in [-0.39, 0.29) is 25.1 Å². The second kappa shape index (κ2) is 9.26. The van der Waals surface area contributed by atoms with Gasteiger partial charge < -0.3 is 19.9 Å². The van der Waals surface area contributed by atoms with Crippen LogP contribution in [-0.2, 0) is 13.1 Å². The molecule has 0 saturated heterocycles. The van der Waals surface area contributed by atoms with Gasteiger partial charge in [0.25, 0.3) is 0 Å². The van der Waals surface area contributed by atoms with E-state index in [9.17, 15) is 0 Å². The third kappa shape index (κ3) is 4.50. The van der Waals surface area contributed by atoms with Crippen LogP contribution < -0.4 is 14.8 Å². The van der Waals surface area contributed by atoms with Crippen LogP contribution >= 0.6 is 12.4 Å². The van der Waals surface area contributed by atoms with Crippen LogP contribution in [-0.4, -0.2) is 34.7 Å². The van der Waals surface area contributed by atoms with Gasteiger partial charge in [-0.25, -0.2) is 0 Å². The molecule has 2 aromatic rings. The Hall–Kier alpha value is -1.76. The van der Waals surface area contributed by atoms with Crippen LogP contribution in [0.25, 0.3) is 0 Å². The number of hydrogen-bond donors (Lipinski definition) is 2. The van der Waals surface area contributed by atoms with Crippen molar-refractivity contribution in [1.82, 2.24) is 15.1 Å². The topological polar surface area (TPSA) is 68.5 Å². The quantitative estimate of drug-likeness (QED) is 0.805. The normalized spacial score (nSPS) is 14.5. The monoisotopic (exact) mass is 381 g/mol. The van der Waals surface area contributed by atoms with Gasteiger partial charge in [0.1, 0.15) is 0 Å². The van der Waals surface area contributed by atoms with Crippen LogP contribution in [0.5, 0.6) is 11.5 Å². The molecule has 0 saturated carbocycles. The SMILES string of the molecule is Cc1nn(CCO)c(C)c1CNC(C)c1ccc2c(c1)OCCCO2.Cl. The van der Waals surface area contributed by atoms with Gasteiger partial charge in [-0.15, -0.1) is 12.4 Å². The van der Waals surface area contributed by atoms with Crippen molar-refractivity contribution < 1.29 is 14.6 Å². The van der Waals surface area contributed by atoms with Gasteiger partial charge in [-0.3, -0.25) is 4.68 Å². The summed E-state index contributed by atoms with van der Waals surface area (Å²) in [6, 6.07) is 6.31. The van der Waals surface area contributed by atoms with E-state index in [0.717, 1.165) is 35.9 Å². The standard InChI is InChI=1S/C19H27N3O3.ClH/c1-13(16-5-6-18-19(11-16)25-10-4-9-24-18)20-12-17-14(2)21-22(7-8-23)15(17)3;/h5-6,11,13,20,23H,4,7-10,12H2,1-3H3;1H. The lowest BCUT2D eigenvalue weighted by atomic mass is 10.1. The smallest absolute Gasteiger partial charge is 0.161 e. The molecule has 3 rings (SSSR count). The second-order valence-corrected chi connectivity index (χ2v) is 6.46. The maximum absolute atomic E-state index is 9.13. The highest BCUT2D eigenvalue weighted by Gasteiger charge is 2.15. The number of ether oxygens (including phenoxy) is 2. The number of nitrogens with zero attached hydrogens (tertiary/aromatic N) is 2. The Balaban J connectivity index is 0.00000243. The second-order valence-electron chi connectivity index (χ2n) is 6.46. The molecule has 1 unspecified atom stereocenters. The fourth-order valence-electron chi connectivity index (χ4n) is 3.12. The first-order valence-electron chi connectivity index (χ1n) is 8.87. The molecule has 2 N–H and O–H groups in total. The van der Waals surface area contributed by atoms with E-state index in [0.29, 0.717) is 19.8 Å². The Bertz CT molecular complexity index is 733. The number of aromatic nitrogens is 2. The number of nitrogens with one attached hydrogen (secondary N) is 1. The van der Waals surface area contributed by atoms with Crippen molar-refractivity contribution >= 4 is 12.4 Å². The highest BCUT2D eigenvalue weighted by molar-refractivity contribution is 5.85. The third-order valence-corrected chi connectivity index (χ3v) is 4.70. The van der Waals surface area contributed by atoms with E-state index < -0.39 is 0 Å². The van der Waals surface area contributed by atoms with Gasteiger partial charge in [0, 0.05) is 30.3 Å². The third-order valence-electron chi connectivity index (χ3n) is 4.70. The van der Waals surface area contributed by atoms with Gasteiger partial charge in [0.2, 0.25) is 0 Å². The number of rotatable bonds is 6. The lowest BCUT2D eigenvalue weighted by molar-refractivity contribution is 0.267. The molecule has 0 amide bonds. The fourth-order valence-corrected chi connectivity index (χ4v) is 3.12. The molecular weight excluding hydrogens is 354 g/mol. The Morgan fingerprint density at radius 1 is 1.23 bits per heavy atom. The van der Waals surface area contributed by atoms with Gasteiger partial charge in [-0.2, -0.15) is 5.10 Å². The zero-order valence-corrected chi connectivity index (χ0v) is 16.4. The molecule has 26 heavy (non-hydrogen) atoms. The van der Waals surface area contributed by atoms with Crippen molar-refractivity contribution in [3.05, 3.63) is 40.7 Å². The van der Waals surface area contributed by atoms with E-state index in [1.807, 2.05) is 24.6 Å². The van der Waals surface area contributed by atoms with Gasteiger partial charge >= 0.3 is 0 Å². The molecule has 0 aliphatic carbocycles. The van der Waals surface area contributed by atoms with Gasteiger partial charge in [0.05, 0.1) is 32.1 Å². The minimum absolute atomic E-state index is 0. The lowest BCUT2D eigenvalue weighted by Gasteiger charge is -2.17. The zero-order chi connectivity index (χ0) is 17.8. The molecule has 1 aliphatic rings. The summed E-state index contributed by atoms with van der Waals surface area (Å²) in [4.78, 5) is 0. The van der Waals surface area contributed by atoms with Crippen molar-refractivity contribution in [1.29, 1.82) is 0 Å². The molecule has 0 radical (unpaired) electrons. The predicted octanol–water partition coefficient (Wildman–Crippen LogP) is 2.93. The number of aliphatic hydroxyl groups excluding tert-OH is 1. The van der Waals surface area contributed by atoms with Crippen LogP contribution in [0.2, 0.25) is 0 Å². The number of aryl methyl sites for hydroxylation is 1. The summed E-state index contributed by atoms with van der Waals surface area (Å²) >= 11 is 0. The fraction of sp³-hybridized carbons (Fsp3) is 0.526. The van der Waals surface area contributed by atoms with Gasteiger partial charge in [-0.05, 0) is 38.5 Å². The van der Waals surface area contributed by atoms with E-state index >= 15 is 0 Å². The Kier molecular flexibility index (Phi) is 7.32. The summed E-state index contributed by atoms with van der Waals surface area (Å²) in [6.45, 7) is 8.96. The number of aliphatic hydroxyl groups is 1. The molecule has 0 bridgehead atoms. The van der Waals surface area contributed by atoms with Crippen LogP contribution in [0, 0.1) is 13.8 Å². The molecule has 2 heterocycles. The summed E-state index contributed by atoms with van der Waals surface area (Å²) in [5.74, 6) is 1.65. The predicted molar refractivity (Wildman–Crippen MR) is 103 cm³/mol. The Morgan fingerprint density at radius 2 is 1.96 bits per heavy atom.